The average molecular weight is 268 g/mol. The van der Waals surface area contributed by atoms with Crippen LogP contribution in [0.4, 0.5) is 4.79 Å². The number of piperidine rings is 1. The van der Waals surface area contributed by atoms with E-state index in [0.717, 1.165) is 19.4 Å². The molecule has 0 aromatic carbocycles. The van der Waals surface area contributed by atoms with Crippen molar-refractivity contribution in [2.45, 2.75) is 45.6 Å². The summed E-state index contributed by atoms with van der Waals surface area (Å²) in [5.41, 5.74) is -0.361. The molecule has 1 N–H and O–H groups in total. The van der Waals surface area contributed by atoms with E-state index < -0.39 is 12.0 Å². The standard InChI is InChI=1S/C14H24N2O3/c1-14(2)7-4-8-16(11(14)12(17)18)13(19)15(3)9-10-5-6-10/h10-11H,4-9H2,1-3H3,(H,17,18). The Bertz CT molecular complexity index is 377. The molecule has 0 aromatic heterocycles. The molecule has 0 bridgehead atoms. The van der Waals surface area contributed by atoms with Crippen LogP contribution in [0.25, 0.3) is 0 Å². The SMILES string of the molecule is CN(CC1CC1)C(=O)N1CCCC(C)(C)C1C(=O)O. The summed E-state index contributed by atoms with van der Waals surface area (Å²) in [5.74, 6) is -0.270. The maximum Gasteiger partial charge on any atom is 0.327 e. The van der Waals surface area contributed by atoms with Crippen LogP contribution in [0.3, 0.4) is 0 Å². The maximum atomic E-state index is 12.5. The number of carboxylic acid groups (broad SMARTS) is 1. The Kier molecular flexibility index (Phi) is 3.74. The van der Waals surface area contributed by atoms with E-state index in [1.807, 2.05) is 13.8 Å². The van der Waals surface area contributed by atoms with E-state index in [0.29, 0.717) is 12.5 Å². The van der Waals surface area contributed by atoms with Gasteiger partial charge < -0.3 is 14.9 Å². The number of rotatable bonds is 3. The molecule has 0 radical (unpaired) electrons. The van der Waals surface area contributed by atoms with Crippen molar-refractivity contribution in [3.8, 4) is 0 Å². The summed E-state index contributed by atoms with van der Waals surface area (Å²) in [4.78, 5) is 27.2. The molecule has 1 heterocycles. The molecule has 5 nitrogen and oxygen atoms in total. The molecule has 1 saturated heterocycles. The monoisotopic (exact) mass is 268 g/mol. The lowest BCUT2D eigenvalue weighted by atomic mass is 9.76. The van der Waals surface area contributed by atoms with E-state index in [4.69, 9.17) is 0 Å². The van der Waals surface area contributed by atoms with Crippen molar-refractivity contribution in [2.75, 3.05) is 20.1 Å². The Morgan fingerprint density at radius 1 is 1.37 bits per heavy atom. The molecule has 1 unspecified atom stereocenters. The van der Waals surface area contributed by atoms with Crippen molar-refractivity contribution in [1.82, 2.24) is 9.80 Å². The predicted molar refractivity (Wildman–Crippen MR) is 71.9 cm³/mol. The van der Waals surface area contributed by atoms with Gasteiger partial charge in [-0.2, -0.15) is 0 Å². The van der Waals surface area contributed by atoms with Gasteiger partial charge in [-0.05, 0) is 37.0 Å². The molecule has 0 spiro atoms. The number of hydrogen-bond acceptors (Lipinski definition) is 2. The predicted octanol–water partition coefficient (Wildman–Crippen LogP) is 2.02. The van der Waals surface area contributed by atoms with Gasteiger partial charge in [-0.25, -0.2) is 9.59 Å². The highest BCUT2D eigenvalue weighted by Crippen LogP contribution is 2.36. The molecule has 5 heteroatoms. The minimum Gasteiger partial charge on any atom is -0.480 e. The van der Waals surface area contributed by atoms with Gasteiger partial charge in [0, 0.05) is 20.1 Å². The molecule has 1 aliphatic heterocycles. The Labute approximate surface area is 114 Å². The molecule has 0 aromatic rings. The Morgan fingerprint density at radius 3 is 2.53 bits per heavy atom. The summed E-state index contributed by atoms with van der Waals surface area (Å²) in [6.07, 6.45) is 4.09. The quantitative estimate of drug-likeness (QED) is 0.852. The molecule has 1 saturated carbocycles. The van der Waals surface area contributed by atoms with E-state index in [1.165, 1.54) is 12.8 Å². The van der Waals surface area contributed by atoms with E-state index >= 15 is 0 Å². The van der Waals surface area contributed by atoms with Gasteiger partial charge in [-0.1, -0.05) is 13.8 Å². The number of urea groups is 1. The molecule has 2 aliphatic rings. The highest BCUT2D eigenvalue weighted by atomic mass is 16.4. The highest BCUT2D eigenvalue weighted by molar-refractivity contribution is 5.83. The second-order valence-corrected chi connectivity index (χ2v) is 6.63. The first-order chi connectivity index (χ1) is 8.83. The van der Waals surface area contributed by atoms with Crippen molar-refractivity contribution >= 4 is 12.0 Å². The third-order valence-corrected chi connectivity index (χ3v) is 4.31. The van der Waals surface area contributed by atoms with Crippen molar-refractivity contribution in [3.05, 3.63) is 0 Å². The smallest absolute Gasteiger partial charge is 0.327 e. The van der Waals surface area contributed by atoms with E-state index in [1.54, 1.807) is 16.8 Å². The van der Waals surface area contributed by atoms with Crippen LogP contribution < -0.4 is 0 Å². The van der Waals surface area contributed by atoms with Gasteiger partial charge in [0.1, 0.15) is 6.04 Å². The zero-order chi connectivity index (χ0) is 14.2. The number of carbonyl (C=O) groups is 2. The zero-order valence-electron chi connectivity index (χ0n) is 12.1. The number of nitrogens with zero attached hydrogens (tertiary/aromatic N) is 2. The molecule has 108 valence electrons. The number of carboxylic acids is 1. The van der Waals surface area contributed by atoms with Gasteiger partial charge in [0.15, 0.2) is 0 Å². The van der Waals surface area contributed by atoms with Crippen LogP contribution >= 0.6 is 0 Å². The van der Waals surface area contributed by atoms with Crippen molar-refractivity contribution in [1.29, 1.82) is 0 Å². The van der Waals surface area contributed by atoms with Crippen molar-refractivity contribution in [3.63, 3.8) is 0 Å². The lowest BCUT2D eigenvalue weighted by Crippen LogP contribution is -2.59. The fourth-order valence-electron chi connectivity index (χ4n) is 3.05. The maximum absolute atomic E-state index is 12.5. The zero-order valence-corrected chi connectivity index (χ0v) is 12.1. The fourth-order valence-corrected chi connectivity index (χ4v) is 3.05. The molecule has 1 atom stereocenters. The molecule has 2 rings (SSSR count). The summed E-state index contributed by atoms with van der Waals surface area (Å²) >= 11 is 0. The van der Waals surface area contributed by atoms with Crippen LogP contribution in [0.2, 0.25) is 0 Å². The minimum atomic E-state index is -0.891. The molecule has 19 heavy (non-hydrogen) atoms. The van der Waals surface area contributed by atoms with Gasteiger partial charge >= 0.3 is 12.0 Å². The van der Waals surface area contributed by atoms with Crippen LogP contribution in [-0.4, -0.2) is 53.1 Å². The van der Waals surface area contributed by atoms with Gasteiger partial charge in [-0.15, -0.1) is 0 Å². The second kappa shape index (κ2) is 5.02. The van der Waals surface area contributed by atoms with Gasteiger partial charge in [0.2, 0.25) is 0 Å². The first-order valence-electron chi connectivity index (χ1n) is 7.07. The Hall–Kier alpha value is -1.26. The third kappa shape index (κ3) is 3.01. The molecular weight excluding hydrogens is 244 g/mol. The topological polar surface area (TPSA) is 60.9 Å². The minimum absolute atomic E-state index is 0.132. The summed E-state index contributed by atoms with van der Waals surface area (Å²) in [6, 6.07) is -0.845. The lowest BCUT2D eigenvalue weighted by Gasteiger charge is -2.45. The molecule has 2 amide bonds. The summed E-state index contributed by atoms with van der Waals surface area (Å²) in [5, 5.41) is 9.46. The normalized spacial score (nSPS) is 26.1. The van der Waals surface area contributed by atoms with Crippen molar-refractivity contribution < 1.29 is 14.7 Å². The number of aliphatic carboxylic acids is 1. The van der Waals surface area contributed by atoms with Gasteiger partial charge in [-0.3, -0.25) is 0 Å². The third-order valence-electron chi connectivity index (χ3n) is 4.31. The van der Waals surface area contributed by atoms with Crippen LogP contribution in [-0.2, 0) is 4.79 Å². The Balaban J connectivity index is 2.10. The summed E-state index contributed by atoms with van der Waals surface area (Å²) in [6.45, 7) is 5.18. The molecule has 1 aliphatic carbocycles. The summed E-state index contributed by atoms with van der Waals surface area (Å²) in [7, 11) is 1.78. The van der Waals surface area contributed by atoms with E-state index in [-0.39, 0.29) is 11.4 Å². The largest absolute Gasteiger partial charge is 0.480 e. The lowest BCUT2D eigenvalue weighted by molar-refractivity contribution is -0.148. The van der Waals surface area contributed by atoms with Gasteiger partial charge in [0.25, 0.3) is 0 Å². The number of carbonyl (C=O) groups excluding carboxylic acids is 1. The summed E-state index contributed by atoms with van der Waals surface area (Å²) < 4.78 is 0. The Morgan fingerprint density at radius 2 is 2.00 bits per heavy atom. The fraction of sp³-hybridized carbons (Fsp3) is 0.857. The average Bonchev–Trinajstić information content (AvgIpc) is 3.09. The first kappa shape index (κ1) is 14.2. The number of likely N-dealkylation sites (tertiary alicyclic amines) is 1. The van der Waals surface area contributed by atoms with Crippen LogP contribution in [0.15, 0.2) is 0 Å². The highest BCUT2D eigenvalue weighted by Gasteiger charge is 2.45. The second-order valence-electron chi connectivity index (χ2n) is 6.63. The van der Waals surface area contributed by atoms with E-state index in [2.05, 4.69) is 0 Å². The molecular formula is C14H24N2O3. The van der Waals surface area contributed by atoms with Gasteiger partial charge in [0.05, 0.1) is 0 Å². The number of amides is 2. The van der Waals surface area contributed by atoms with Crippen LogP contribution in [0.5, 0.6) is 0 Å². The van der Waals surface area contributed by atoms with E-state index in [9.17, 15) is 14.7 Å². The number of hydrogen-bond donors (Lipinski definition) is 1. The van der Waals surface area contributed by atoms with Crippen LogP contribution in [0.1, 0.15) is 39.5 Å². The first-order valence-corrected chi connectivity index (χ1v) is 7.07. The molecule has 2 fully saturated rings. The van der Waals surface area contributed by atoms with Crippen LogP contribution in [0, 0.1) is 11.3 Å². The van der Waals surface area contributed by atoms with Crippen molar-refractivity contribution in [2.24, 2.45) is 11.3 Å².